The van der Waals surface area contributed by atoms with Crippen molar-refractivity contribution in [2.45, 2.75) is 102 Å². The molecule has 2 N–H and O–H groups in total. The van der Waals surface area contributed by atoms with Gasteiger partial charge in [-0.25, -0.2) is 19.6 Å². The van der Waals surface area contributed by atoms with Gasteiger partial charge in [-0.2, -0.15) is 5.10 Å². The molecule has 48 heavy (non-hydrogen) atoms. The zero-order valence-corrected chi connectivity index (χ0v) is 28.5. The van der Waals surface area contributed by atoms with Crippen LogP contribution in [-0.2, 0) is 11.3 Å². The van der Waals surface area contributed by atoms with Gasteiger partial charge in [0, 0.05) is 36.1 Å². The van der Waals surface area contributed by atoms with Gasteiger partial charge >= 0.3 is 0 Å². The Labute approximate surface area is 285 Å². The fourth-order valence-corrected chi connectivity index (χ4v) is 7.32. The fourth-order valence-electron chi connectivity index (χ4n) is 7.16. The first-order valence-corrected chi connectivity index (χ1v) is 17.2. The molecule has 3 aromatic heterocycles. The number of aromatic nitrogens is 7. The van der Waals surface area contributed by atoms with Crippen LogP contribution in [0.15, 0.2) is 49.4 Å². The van der Waals surface area contributed by atoms with Gasteiger partial charge in [-0.15, -0.1) is 5.10 Å². The van der Waals surface area contributed by atoms with Gasteiger partial charge in [0.2, 0.25) is 5.95 Å². The van der Waals surface area contributed by atoms with Gasteiger partial charge in [-0.05, 0) is 77.0 Å². The number of benzene rings is 1. The Bertz CT molecular complexity index is 1640. The van der Waals surface area contributed by atoms with Crippen molar-refractivity contribution in [2.75, 3.05) is 25.1 Å². The van der Waals surface area contributed by atoms with Gasteiger partial charge in [0.15, 0.2) is 0 Å². The van der Waals surface area contributed by atoms with E-state index < -0.39 is 5.60 Å². The molecule has 2 bridgehead atoms. The molecule has 2 aliphatic heterocycles. The standard InChI is InChI=1S/C34H44ClN9O4/c1-22(15-42-21-36-20-39-42)48-31-12-23(4-11-29(31)35)24-13-37-33(38-14-24)40-30-16-43(41-32(30)47-19-34(2,3)45)25-5-7-26(8-6-25)44-27-9-10-28(44)18-46-17-27/h4,11-14,16,20-22,25-28,45H,5-10,15,17-19H2,1-3H3,(H,37,38,40)/t22?,25?,26?,27-,28+. The van der Waals surface area contributed by atoms with E-state index in [1.807, 2.05) is 29.9 Å². The van der Waals surface area contributed by atoms with E-state index >= 15 is 0 Å². The van der Waals surface area contributed by atoms with E-state index in [4.69, 9.17) is 30.9 Å². The lowest BCUT2D eigenvalue weighted by Gasteiger charge is -2.43. The third kappa shape index (κ3) is 7.59. The zero-order valence-electron chi connectivity index (χ0n) is 27.7. The van der Waals surface area contributed by atoms with Gasteiger partial charge in [0.1, 0.15) is 36.8 Å². The minimum Gasteiger partial charge on any atom is -0.487 e. The van der Waals surface area contributed by atoms with Crippen molar-refractivity contribution in [3.8, 4) is 22.8 Å². The lowest BCUT2D eigenvalue weighted by molar-refractivity contribution is -0.0458. The summed E-state index contributed by atoms with van der Waals surface area (Å²) in [4.78, 5) is 15.9. The summed E-state index contributed by atoms with van der Waals surface area (Å²) < 4.78 is 21.7. The van der Waals surface area contributed by atoms with E-state index in [0.29, 0.717) is 53.0 Å². The number of hydrogen-bond acceptors (Lipinski definition) is 11. The van der Waals surface area contributed by atoms with E-state index in [-0.39, 0.29) is 18.8 Å². The number of nitrogens with one attached hydrogen (secondary N) is 1. The van der Waals surface area contributed by atoms with Crippen molar-refractivity contribution in [3.05, 3.63) is 54.5 Å². The molecular formula is C34H44ClN9O4. The van der Waals surface area contributed by atoms with Crippen LogP contribution in [0.1, 0.15) is 65.3 Å². The number of hydrogen-bond donors (Lipinski definition) is 2. The zero-order chi connectivity index (χ0) is 33.3. The lowest BCUT2D eigenvalue weighted by atomic mass is 9.89. The molecule has 1 aliphatic carbocycles. The monoisotopic (exact) mass is 677 g/mol. The molecule has 13 nitrogen and oxygen atoms in total. The molecule has 3 fully saturated rings. The van der Waals surface area contributed by atoms with Crippen LogP contribution in [0.3, 0.4) is 0 Å². The van der Waals surface area contributed by atoms with Crippen molar-refractivity contribution in [1.29, 1.82) is 0 Å². The minimum absolute atomic E-state index is 0.101. The first-order chi connectivity index (χ1) is 23.2. The number of rotatable bonds is 12. The second-order valence-corrected chi connectivity index (χ2v) is 14.3. The highest BCUT2D eigenvalue weighted by atomic mass is 35.5. The molecule has 2 saturated heterocycles. The molecule has 256 valence electrons. The quantitative estimate of drug-likeness (QED) is 0.202. The van der Waals surface area contributed by atoms with Crippen molar-refractivity contribution >= 4 is 23.2 Å². The van der Waals surface area contributed by atoms with Crippen LogP contribution in [0, 0.1) is 0 Å². The maximum absolute atomic E-state index is 10.4. The van der Waals surface area contributed by atoms with Crippen LogP contribution in [0.4, 0.5) is 11.6 Å². The van der Waals surface area contributed by atoms with Crippen molar-refractivity contribution < 1.29 is 19.3 Å². The molecule has 1 aromatic carbocycles. The number of nitrogens with zero attached hydrogens (tertiary/aromatic N) is 8. The van der Waals surface area contributed by atoms with E-state index in [1.54, 1.807) is 43.3 Å². The Morgan fingerprint density at radius 3 is 2.42 bits per heavy atom. The third-order valence-electron chi connectivity index (χ3n) is 9.42. The van der Waals surface area contributed by atoms with Crippen LogP contribution in [0.2, 0.25) is 5.02 Å². The first kappa shape index (κ1) is 32.8. The van der Waals surface area contributed by atoms with Crippen LogP contribution in [0.25, 0.3) is 11.1 Å². The topological polar surface area (TPSA) is 138 Å². The van der Waals surface area contributed by atoms with Gasteiger partial charge in [-0.1, -0.05) is 17.7 Å². The van der Waals surface area contributed by atoms with Gasteiger partial charge in [-0.3, -0.25) is 9.58 Å². The molecular weight excluding hydrogens is 634 g/mol. The van der Waals surface area contributed by atoms with Crippen molar-refractivity contribution in [1.82, 2.24) is 39.4 Å². The number of aliphatic hydroxyl groups is 1. The lowest BCUT2D eigenvalue weighted by Crippen LogP contribution is -2.52. The molecule has 0 spiro atoms. The molecule has 0 amide bonds. The summed E-state index contributed by atoms with van der Waals surface area (Å²) >= 11 is 6.47. The highest BCUT2D eigenvalue weighted by Crippen LogP contribution is 2.40. The summed E-state index contributed by atoms with van der Waals surface area (Å²) in [6.45, 7) is 7.76. The van der Waals surface area contributed by atoms with Crippen LogP contribution < -0.4 is 14.8 Å². The predicted molar refractivity (Wildman–Crippen MR) is 181 cm³/mol. The number of anilines is 2. The maximum Gasteiger partial charge on any atom is 0.257 e. The van der Waals surface area contributed by atoms with Crippen LogP contribution in [-0.4, -0.2) is 94.2 Å². The fraction of sp³-hybridized carbons (Fsp3) is 0.559. The van der Waals surface area contributed by atoms with E-state index in [1.165, 1.54) is 19.2 Å². The molecule has 7 rings (SSSR count). The SMILES string of the molecule is CC(Cn1cncn1)Oc1cc(-c2cnc(Nc3cn(C4CCC(N5[C@@H]6CC[C@H]5COC6)CC4)nc3OCC(C)(C)O)nc2)ccc1Cl. The van der Waals surface area contributed by atoms with Crippen LogP contribution >= 0.6 is 11.6 Å². The third-order valence-corrected chi connectivity index (χ3v) is 9.73. The summed E-state index contributed by atoms with van der Waals surface area (Å²) in [5.41, 5.74) is 1.33. The largest absolute Gasteiger partial charge is 0.487 e. The Balaban J connectivity index is 1.03. The Hall–Kier alpha value is -3.78. The summed E-state index contributed by atoms with van der Waals surface area (Å²) in [6, 6.07) is 7.64. The Kier molecular flexibility index (Phi) is 9.54. The average Bonchev–Trinajstić information content (AvgIpc) is 3.79. The number of halogens is 1. The van der Waals surface area contributed by atoms with E-state index in [9.17, 15) is 5.11 Å². The van der Waals surface area contributed by atoms with E-state index in [0.717, 1.165) is 50.0 Å². The van der Waals surface area contributed by atoms with Gasteiger partial charge < -0.3 is 24.6 Å². The smallest absolute Gasteiger partial charge is 0.257 e. The molecule has 3 atom stereocenters. The van der Waals surface area contributed by atoms with Gasteiger partial charge in [0.25, 0.3) is 5.88 Å². The maximum atomic E-state index is 10.4. The summed E-state index contributed by atoms with van der Waals surface area (Å²) in [7, 11) is 0. The second kappa shape index (κ2) is 14.0. The van der Waals surface area contributed by atoms with Crippen LogP contribution in [0.5, 0.6) is 11.6 Å². The molecule has 14 heteroatoms. The first-order valence-electron chi connectivity index (χ1n) is 16.9. The molecule has 5 heterocycles. The summed E-state index contributed by atoms with van der Waals surface area (Å²) in [6.07, 6.45) is 15.3. The predicted octanol–water partition coefficient (Wildman–Crippen LogP) is 5.29. The van der Waals surface area contributed by atoms with Crippen molar-refractivity contribution in [2.24, 2.45) is 0 Å². The molecule has 0 radical (unpaired) electrons. The molecule has 1 unspecified atom stereocenters. The Morgan fingerprint density at radius 2 is 1.73 bits per heavy atom. The molecule has 3 aliphatic rings. The second-order valence-electron chi connectivity index (χ2n) is 13.9. The Morgan fingerprint density at radius 1 is 1.02 bits per heavy atom. The summed E-state index contributed by atoms with van der Waals surface area (Å²) in [5, 5.41) is 23.2. The normalized spacial score (nSPS) is 23.6. The summed E-state index contributed by atoms with van der Waals surface area (Å²) in [5.74, 6) is 1.39. The van der Waals surface area contributed by atoms with Crippen molar-refractivity contribution in [3.63, 3.8) is 0 Å². The highest BCUT2D eigenvalue weighted by Gasteiger charge is 2.42. The van der Waals surface area contributed by atoms with Gasteiger partial charge in [0.05, 0.1) is 42.6 Å². The number of ether oxygens (including phenoxy) is 3. The molecule has 1 saturated carbocycles. The number of morpholine rings is 1. The van der Waals surface area contributed by atoms with E-state index in [2.05, 4.69) is 30.3 Å². The number of fused-ring (bicyclic) bond motifs is 2. The minimum atomic E-state index is -1.01. The highest BCUT2D eigenvalue weighted by molar-refractivity contribution is 6.32. The average molecular weight is 678 g/mol. The molecule has 4 aromatic rings.